The molecule has 0 radical (unpaired) electrons. The number of rotatable bonds is 4. The summed E-state index contributed by atoms with van der Waals surface area (Å²) in [5.41, 5.74) is 4.15. The van der Waals surface area contributed by atoms with Gasteiger partial charge < -0.3 is 5.32 Å². The van der Waals surface area contributed by atoms with Crippen molar-refractivity contribution >= 4 is 16.8 Å². The third kappa shape index (κ3) is 3.16. The summed E-state index contributed by atoms with van der Waals surface area (Å²) in [4.78, 5) is 16.6. The lowest BCUT2D eigenvalue weighted by molar-refractivity contribution is -0.120. The average Bonchev–Trinajstić information content (AvgIpc) is 2.41. The van der Waals surface area contributed by atoms with Crippen LogP contribution in [0.3, 0.4) is 0 Å². The number of aryl methyl sites for hydroxylation is 2. The lowest BCUT2D eigenvalue weighted by atomic mass is 9.99. The van der Waals surface area contributed by atoms with E-state index in [9.17, 15) is 4.79 Å². The number of fused-ring (bicyclic) bond motifs is 1. The zero-order valence-electron chi connectivity index (χ0n) is 12.7. The van der Waals surface area contributed by atoms with E-state index in [1.54, 1.807) is 0 Å². The Balaban J connectivity index is 2.28. The molecule has 1 heterocycles. The number of benzene rings is 1. The van der Waals surface area contributed by atoms with Gasteiger partial charge in [-0.15, -0.1) is 0 Å². The van der Waals surface area contributed by atoms with Gasteiger partial charge in [0.1, 0.15) is 0 Å². The monoisotopic (exact) mass is 270 g/mol. The minimum Gasteiger partial charge on any atom is -0.356 e. The average molecular weight is 270 g/mol. The normalized spacial score (nSPS) is 11.1. The summed E-state index contributed by atoms with van der Waals surface area (Å²) in [6, 6.07) is 8.07. The molecule has 2 aromatic rings. The van der Waals surface area contributed by atoms with Gasteiger partial charge in [0.25, 0.3) is 0 Å². The molecule has 0 aliphatic rings. The minimum atomic E-state index is 0.0713. The van der Waals surface area contributed by atoms with E-state index >= 15 is 0 Å². The van der Waals surface area contributed by atoms with Crippen molar-refractivity contribution in [2.75, 3.05) is 6.54 Å². The summed E-state index contributed by atoms with van der Waals surface area (Å²) in [5, 5.41) is 4.10. The summed E-state index contributed by atoms with van der Waals surface area (Å²) in [7, 11) is 0. The Morgan fingerprint density at radius 2 is 1.95 bits per heavy atom. The maximum atomic E-state index is 12.0. The summed E-state index contributed by atoms with van der Waals surface area (Å²) in [6.45, 7) is 8.95. The lowest BCUT2D eigenvalue weighted by Crippen LogP contribution is -2.29. The van der Waals surface area contributed by atoms with Gasteiger partial charge in [-0.25, -0.2) is 0 Å². The highest BCUT2D eigenvalue weighted by Gasteiger charge is 2.12. The molecule has 3 nitrogen and oxygen atoms in total. The molecule has 1 aromatic carbocycles. The van der Waals surface area contributed by atoms with E-state index in [4.69, 9.17) is 0 Å². The van der Waals surface area contributed by atoms with Crippen LogP contribution in [0.1, 0.15) is 30.7 Å². The fourth-order valence-electron chi connectivity index (χ4n) is 2.37. The van der Waals surface area contributed by atoms with E-state index in [0.29, 0.717) is 12.3 Å². The predicted molar refractivity (Wildman–Crippen MR) is 82.8 cm³/mol. The molecule has 2 rings (SSSR count). The molecule has 106 valence electrons. The standard InChI is InChI=1S/C17H22N2O/c1-11(2)10-18-17(20)9-15-12(3)14-7-5-6-8-16(14)19-13(15)4/h5-8,11H,9-10H2,1-4H3,(H,18,20). The van der Waals surface area contributed by atoms with Crippen molar-refractivity contribution in [2.45, 2.75) is 34.1 Å². The number of carbonyl (C=O) groups is 1. The molecule has 3 heteroatoms. The first-order chi connectivity index (χ1) is 9.49. The van der Waals surface area contributed by atoms with E-state index in [1.165, 1.54) is 0 Å². The molecule has 0 aliphatic carbocycles. The van der Waals surface area contributed by atoms with E-state index in [-0.39, 0.29) is 5.91 Å². The van der Waals surface area contributed by atoms with E-state index in [2.05, 4.69) is 37.1 Å². The van der Waals surface area contributed by atoms with E-state index in [0.717, 1.165) is 34.3 Å². The van der Waals surface area contributed by atoms with Gasteiger partial charge in [0.15, 0.2) is 0 Å². The summed E-state index contributed by atoms with van der Waals surface area (Å²) in [6.07, 6.45) is 0.405. The topological polar surface area (TPSA) is 42.0 Å². The molecule has 0 saturated heterocycles. The van der Waals surface area contributed by atoms with Crippen LogP contribution in [0.5, 0.6) is 0 Å². The van der Waals surface area contributed by atoms with Crippen molar-refractivity contribution in [3.8, 4) is 0 Å². The first-order valence-electron chi connectivity index (χ1n) is 7.10. The van der Waals surface area contributed by atoms with Gasteiger partial charge in [-0.2, -0.15) is 0 Å². The highest BCUT2D eigenvalue weighted by atomic mass is 16.1. The van der Waals surface area contributed by atoms with Gasteiger partial charge in [-0.3, -0.25) is 9.78 Å². The maximum absolute atomic E-state index is 12.0. The number of nitrogens with zero attached hydrogens (tertiary/aromatic N) is 1. The first kappa shape index (κ1) is 14.5. The predicted octanol–water partition coefficient (Wildman–Crippen LogP) is 3.17. The highest BCUT2D eigenvalue weighted by molar-refractivity contribution is 5.86. The van der Waals surface area contributed by atoms with Crippen LogP contribution in [0.4, 0.5) is 0 Å². The minimum absolute atomic E-state index is 0.0713. The van der Waals surface area contributed by atoms with Crippen LogP contribution in [0.2, 0.25) is 0 Å². The van der Waals surface area contributed by atoms with Crippen molar-refractivity contribution < 1.29 is 4.79 Å². The second kappa shape index (κ2) is 6.04. The molecule has 0 saturated carbocycles. The van der Waals surface area contributed by atoms with Crippen molar-refractivity contribution in [3.05, 3.63) is 41.1 Å². The smallest absolute Gasteiger partial charge is 0.224 e. The van der Waals surface area contributed by atoms with Gasteiger partial charge in [-0.05, 0) is 37.0 Å². The molecule has 0 spiro atoms. The van der Waals surface area contributed by atoms with Crippen LogP contribution in [-0.2, 0) is 11.2 Å². The second-order valence-corrected chi connectivity index (χ2v) is 5.69. The van der Waals surface area contributed by atoms with Crippen molar-refractivity contribution in [3.63, 3.8) is 0 Å². The van der Waals surface area contributed by atoms with E-state index in [1.807, 2.05) is 25.1 Å². The number of hydrogen-bond acceptors (Lipinski definition) is 2. The molecular formula is C17H22N2O. The Morgan fingerprint density at radius 3 is 2.65 bits per heavy atom. The van der Waals surface area contributed by atoms with Gasteiger partial charge >= 0.3 is 0 Å². The third-order valence-electron chi connectivity index (χ3n) is 3.53. The van der Waals surface area contributed by atoms with Gasteiger partial charge in [0, 0.05) is 17.6 Å². The summed E-state index contributed by atoms with van der Waals surface area (Å²) < 4.78 is 0. The largest absolute Gasteiger partial charge is 0.356 e. The fourth-order valence-corrected chi connectivity index (χ4v) is 2.37. The van der Waals surface area contributed by atoms with Crippen LogP contribution in [0.15, 0.2) is 24.3 Å². The molecule has 1 N–H and O–H groups in total. The van der Waals surface area contributed by atoms with Gasteiger partial charge in [0.05, 0.1) is 11.9 Å². The molecule has 0 unspecified atom stereocenters. The molecule has 0 aliphatic heterocycles. The number of aromatic nitrogens is 1. The molecule has 20 heavy (non-hydrogen) atoms. The third-order valence-corrected chi connectivity index (χ3v) is 3.53. The Labute approximate surface area is 120 Å². The number of carbonyl (C=O) groups excluding carboxylic acids is 1. The number of hydrogen-bond donors (Lipinski definition) is 1. The molecule has 1 amide bonds. The summed E-state index contributed by atoms with van der Waals surface area (Å²) >= 11 is 0. The number of pyridine rings is 1. The second-order valence-electron chi connectivity index (χ2n) is 5.69. The zero-order chi connectivity index (χ0) is 14.7. The number of para-hydroxylation sites is 1. The Kier molecular flexibility index (Phi) is 4.38. The van der Waals surface area contributed by atoms with Gasteiger partial charge in [-0.1, -0.05) is 32.0 Å². The van der Waals surface area contributed by atoms with Gasteiger partial charge in [0.2, 0.25) is 5.91 Å². The van der Waals surface area contributed by atoms with Crippen LogP contribution in [0.25, 0.3) is 10.9 Å². The van der Waals surface area contributed by atoms with Crippen LogP contribution < -0.4 is 5.32 Å². The SMILES string of the molecule is Cc1nc2ccccc2c(C)c1CC(=O)NCC(C)C. The maximum Gasteiger partial charge on any atom is 0.224 e. The Morgan fingerprint density at radius 1 is 1.25 bits per heavy atom. The molecule has 0 bridgehead atoms. The van der Waals surface area contributed by atoms with Crippen molar-refractivity contribution in [1.29, 1.82) is 0 Å². The Bertz CT molecular complexity index is 632. The number of amides is 1. The summed E-state index contributed by atoms with van der Waals surface area (Å²) in [5.74, 6) is 0.540. The molecule has 0 atom stereocenters. The van der Waals surface area contributed by atoms with Crippen molar-refractivity contribution in [2.24, 2.45) is 5.92 Å². The number of nitrogens with one attached hydrogen (secondary N) is 1. The van der Waals surface area contributed by atoms with Crippen molar-refractivity contribution in [1.82, 2.24) is 10.3 Å². The van der Waals surface area contributed by atoms with Crippen LogP contribution in [0, 0.1) is 19.8 Å². The fraction of sp³-hybridized carbons (Fsp3) is 0.412. The van der Waals surface area contributed by atoms with E-state index < -0.39 is 0 Å². The quantitative estimate of drug-likeness (QED) is 0.927. The molecule has 1 aromatic heterocycles. The van der Waals surface area contributed by atoms with Crippen LogP contribution in [-0.4, -0.2) is 17.4 Å². The molecular weight excluding hydrogens is 248 g/mol. The first-order valence-corrected chi connectivity index (χ1v) is 7.10. The lowest BCUT2D eigenvalue weighted by Gasteiger charge is -2.13. The molecule has 0 fully saturated rings. The Hall–Kier alpha value is -1.90. The van der Waals surface area contributed by atoms with Crippen LogP contribution >= 0.6 is 0 Å². The highest BCUT2D eigenvalue weighted by Crippen LogP contribution is 2.22. The zero-order valence-corrected chi connectivity index (χ0v) is 12.7.